The quantitative estimate of drug-likeness (QED) is 0.817. The number of hydrogen-bond donors (Lipinski definition) is 2. The molecule has 0 saturated carbocycles. The number of nitrogens with one attached hydrogen (secondary N) is 2. The number of pyridine rings is 1. The first-order valence-electron chi connectivity index (χ1n) is 5.36. The van der Waals surface area contributed by atoms with Gasteiger partial charge in [-0.15, -0.1) is 4.68 Å². The molecule has 0 atom stereocenters. The highest BCUT2D eigenvalue weighted by molar-refractivity contribution is 9.10. The maximum Gasteiger partial charge on any atom is 0.436 e. The maximum atomic E-state index is 12.5. The van der Waals surface area contributed by atoms with Crippen LogP contribution < -0.4 is 10.00 Å². The first kappa shape index (κ1) is 14.5. The van der Waals surface area contributed by atoms with Crippen molar-refractivity contribution in [2.75, 3.05) is 5.32 Å². The Morgan fingerprint density at radius 2 is 2.15 bits per heavy atom. The first-order valence-corrected chi connectivity index (χ1v) is 6.16. The molecule has 0 aromatic carbocycles. The lowest BCUT2D eigenvalue weighted by Gasteiger charge is -2.00. The number of aromatic amines is 1. The van der Waals surface area contributed by atoms with E-state index < -0.39 is 17.8 Å². The molecule has 0 unspecified atom stereocenters. The van der Waals surface area contributed by atoms with Crippen LogP contribution in [-0.2, 0) is 13.2 Å². The van der Waals surface area contributed by atoms with E-state index in [1.807, 2.05) is 0 Å². The van der Waals surface area contributed by atoms with Crippen LogP contribution in [0.1, 0.15) is 16.2 Å². The van der Waals surface area contributed by atoms with Gasteiger partial charge in [0.15, 0.2) is 12.7 Å². The second kappa shape index (κ2) is 5.23. The molecular weight excluding hydrogens is 341 g/mol. The number of aromatic nitrogens is 3. The molecule has 1 amide bonds. The van der Waals surface area contributed by atoms with Gasteiger partial charge in [-0.3, -0.25) is 4.79 Å². The number of H-pyrrole nitrogens is 1. The van der Waals surface area contributed by atoms with Crippen LogP contribution in [0.25, 0.3) is 0 Å². The van der Waals surface area contributed by atoms with Gasteiger partial charge >= 0.3 is 12.1 Å². The Kier molecular flexibility index (Phi) is 3.80. The Labute approximate surface area is 119 Å². The summed E-state index contributed by atoms with van der Waals surface area (Å²) in [7, 11) is 1.32. The highest BCUT2D eigenvalue weighted by Gasteiger charge is 2.37. The zero-order chi connectivity index (χ0) is 14.9. The van der Waals surface area contributed by atoms with Crippen molar-refractivity contribution in [3.8, 4) is 0 Å². The number of halogens is 4. The molecule has 0 aliphatic rings. The molecule has 2 aromatic heterocycles. The van der Waals surface area contributed by atoms with Gasteiger partial charge in [0, 0.05) is 10.7 Å². The molecule has 106 valence electrons. The number of hydrogen-bond acceptors (Lipinski definition) is 2. The summed E-state index contributed by atoms with van der Waals surface area (Å²) in [6.45, 7) is 0. The number of carbonyl (C=O) groups is 1. The fourth-order valence-electron chi connectivity index (χ4n) is 1.50. The van der Waals surface area contributed by atoms with E-state index >= 15 is 0 Å². The average Bonchev–Trinajstić information content (AvgIpc) is 2.74. The fourth-order valence-corrected chi connectivity index (χ4v) is 1.73. The molecule has 2 N–H and O–H groups in total. The van der Waals surface area contributed by atoms with Gasteiger partial charge in [-0.2, -0.15) is 18.3 Å². The van der Waals surface area contributed by atoms with Crippen LogP contribution in [0.5, 0.6) is 0 Å². The van der Waals surface area contributed by atoms with Gasteiger partial charge in [0.05, 0.1) is 6.07 Å². The Morgan fingerprint density at radius 1 is 1.45 bits per heavy atom. The van der Waals surface area contributed by atoms with Crippen LogP contribution in [0.2, 0.25) is 0 Å². The second-order valence-corrected chi connectivity index (χ2v) is 4.84. The van der Waals surface area contributed by atoms with Gasteiger partial charge in [0.1, 0.15) is 5.82 Å². The molecule has 2 heterocycles. The summed E-state index contributed by atoms with van der Waals surface area (Å²) < 4.78 is 39.3. The third-order valence-corrected chi connectivity index (χ3v) is 2.91. The lowest BCUT2D eigenvalue weighted by Crippen LogP contribution is -2.38. The minimum atomic E-state index is -4.54. The Balaban J connectivity index is 2.21. The normalized spacial score (nSPS) is 11.4. The highest BCUT2D eigenvalue weighted by Crippen LogP contribution is 2.27. The molecule has 0 aliphatic carbocycles. The van der Waals surface area contributed by atoms with Crippen molar-refractivity contribution in [3.63, 3.8) is 0 Å². The summed E-state index contributed by atoms with van der Waals surface area (Å²) in [4.78, 5) is 15.8. The summed E-state index contributed by atoms with van der Waals surface area (Å²) >= 11 is 3.18. The van der Waals surface area contributed by atoms with Crippen molar-refractivity contribution in [2.24, 2.45) is 7.05 Å². The van der Waals surface area contributed by atoms with Crippen LogP contribution in [0.15, 0.2) is 28.9 Å². The zero-order valence-electron chi connectivity index (χ0n) is 10.1. The summed E-state index contributed by atoms with van der Waals surface area (Å²) in [5.41, 5.74) is -1.14. The summed E-state index contributed by atoms with van der Waals surface area (Å²) in [6, 6.07) is 3.92. The van der Waals surface area contributed by atoms with E-state index in [9.17, 15) is 18.0 Å². The van der Waals surface area contributed by atoms with E-state index in [-0.39, 0.29) is 11.5 Å². The van der Waals surface area contributed by atoms with Gasteiger partial charge in [0.2, 0.25) is 0 Å². The van der Waals surface area contributed by atoms with E-state index in [2.05, 4.69) is 31.3 Å². The molecular formula is C11H9BrF3N4O+. The molecule has 0 bridgehead atoms. The van der Waals surface area contributed by atoms with Gasteiger partial charge < -0.3 is 5.32 Å². The van der Waals surface area contributed by atoms with Gasteiger partial charge in [-0.1, -0.05) is 0 Å². The number of amides is 1. The van der Waals surface area contributed by atoms with Crippen molar-refractivity contribution >= 4 is 27.7 Å². The summed E-state index contributed by atoms with van der Waals surface area (Å²) in [6.07, 6.45) is -3.07. The lowest BCUT2D eigenvalue weighted by molar-refractivity contribution is -0.729. The largest absolute Gasteiger partial charge is 0.436 e. The Bertz CT molecular complexity index is 636. The molecule has 2 aromatic rings. The summed E-state index contributed by atoms with van der Waals surface area (Å²) in [5, 5.41) is 4.48. The fraction of sp³-hybridized carbons (Fsp3) is 0.182. The first-order chi connectivity index (χ1) is 9.27. The van der Waals surface area contributed by atoms with Gasteiger partial charge in [-0.05, 0) is 28.1 Å². The number of carbonyl (C=O) groups excluding carboxylic acids is 1. The molecule has 0 aliphatic heterocycles. The number of nitrogens with zero attached hydrogens (tertiary/aromatic N) is 2. The van der Waals surface area contributed by atoms with E-state index in [1.165, 1.54) is 19.3 Å². The average molecular weight is 350 g/mol. The molecule has 9 heteroatoms. The standard InChI is InChI=1S/C11H8BrF3N4O/c1-19-7(4-8(18-19)11(13,14)15)10(20)17-9-3-2-6(12)5-16-9/h2-5H,1H3,(H,16,17,20)/p+1. The van der Waals surface area contributed by atoms with Crippen molar-refractivity contribution < 1.29 is 22.6 Å². The SMILES string of the molecule is C[n+]1[nH]c(C(F)(F)F)cc1C(=O)Nc1ccc(Br)cn1. The summed E-state index contributed by atoms with van der Waals surface area (Å²) in [5.74, 6) is -0.443. The minimum Gasteiger partial charge on any atom is -0.301 e. The van der Waals surface area contributed by atoms with Crippen LogP contribution in [0, 0.1) is 0 Å². The molecule has 20 heavy (non-hydrogen) atoms. The molecule has 2 rings (SSSR count). The maximum absolute atomic E-state index is 12.5. The lowest BCUT2D eigenvalue weighted by atomic mass is 10.3. The number of alkyl halides is 3. The Hall–Kier alpha value is -1.90. The van der Waals surface area contributed by atoms with E-state index in [4.69, 9.17) is 0 Å². The van der Waals surface area contributed by atoms with Crippen molar-refractivity contribution in [1.29, 1.82) is 0 Å². The van der Waals surface area contributed by atoms with Crippen LogP contribution in [-0.4, -0.2) is 16.0 Å². The molecule has 0 saturated heterocycles. The van der Waals surface area contributed by atoms with E-state index in [0.717, 1.165) is 15.2 Å². The third-order valence-electron chi connectivity index (χ3n) is 2.44. The smallest absolute Gasteiger partial charge is 0.301 e. The van der Waals surface area contributed by atoms with Crippen LogP contribution >= 0.6 is 15.9 Å². The minimum absolute atomic E-state index is 0.151. The Morgan fingerprint density at radius 3 is 2.65 bits per heavy atom. The van der Waals surface area contributed by atoms with Crippen molar-refractivity contribution in [1.82, 2.24) is 10.1 Å². The third kappa shape index (κ3) is 3.16. The number of rotatable bonds is 2. The predicted octanol–water partition coefficient (Wildman–Crippen LogP) is 2.27. The van der Waals surface area contributed by atoms with Crippen LogP contribution in [0.3, 0.4) is 0 Å². The highest BCUT2D eigenvalue weighted by atomic mass is 79.9. The van der Waals surface area contributed by atoms with E-state index in [1.54, 1.807) is 6.07 Å². The molecule has 0 fully saturated rings. The topological polar surface area (TPSA) is 61.7 Å². The molecule has 0 radical (unpaired) electrons. The number of anilines is 1. The van der Waals surface area contributed by atoms with Crippen molar-refractivity contribution in [2.45, 2.75) is 6.18 Å². The number of aryl methyl sites for hydroxylation is 1. The van der Waals surface area contributed by atoms with Gasteiger partial charge in [-0.25, -0.2) is 4.98 Å². The molecule has 0 spiro atoms. The van der Waals surface area contributed by atoms with E-state index in [0.29, 0.717) is 0 Å². The van der Waals surface area contributed by atoms with Gasteiger partial charge in [0.25, 0.3) is 5.69 Å². The second-order valence-electron chi connectivity index (χ2n) is 3.93. The zero-order valence-corrected chi connectivity index (χ0v) is 11.7. The van der Waals surface area contributed by atoms with Crippen molar-refractivity contribution in [3.05, 3.63) is 40.3 Å². The monoisotopic (exact) mass is 349 g/mol. The van der Waals surface area contributed by atoms with Crippen LogP contribution in [0.4, 0.5) is 19.0 Å². The molecule has 5 nitrogen and oxygen atoms in total. The predicted molar refractivity (Wildman–Crippen MR) is 66.9 cm³/mol.